The second kappa shape index (κ2) is 5.49. The van der Waals surface area contributed by atoms with Gasteiger partial charge in [0.05, 0.1) is 5.69 Å². The number of benzene rings is 1. The lowest BCUT2D eigenvalue weighted by Crippen LogP contribution is -2.13. The standard InChI is InChI=1S/C16H19FN2O/c1-5-11-8-10(2)16(20)18-15(11)13-7-6-12(19(3)4)9-14(13)17/h6-9H,5H2,1-4H3,(H,18,20). The third kappa shape index (κ3) is 2.59. The fourth-order valence-corrected chi connectivity index (χ4v) is 2.20. The largest absolute Gasteiger partial charge is 0.378 e. The van der Waals surface area contributed by atoms with Crippen molar-refractivity contribution in [3.8, 4) is 11.3 Å². The molecular formula is C16H19FN2O. The number of rotatable bonds is 3. The quantitative estimate of drug-likeness (QED) is 0.933. The van der Waals surface area contributed by atoms with Gasteiger partial charge >= 0.3 is 0 Å². The summed E-state index contributed by atoms with van der Waals surface area (Å²) in [5.41, 5.74) is 3.22. The van der Waals surface area contributed by atoms with Crippen molar-refractivity contribution in [1.29, 1.82) is 0 Å². The minimum Gasteiger partial charge on any atom is -0.378 e. The molecule has 0 atom stereocenters. The molecule has 106 valence electrons. The number of H-pyrrole nitrogens is 1. The molecule has 0 fully saturated rings. The Morgan fingerprint density at radius 3 is 2.50 bits per heavy atom. The molecule has 0 aliphatic heterocycles. The lowest BCUT2D eigenvalue weighted by atomic mass is 10.0. The Morgan fingerprint density at radius 1 is 1.25 bits per heavy atom. The van der Waals surface area contributed by atoms with Crippen LogP contribution in [-0.2, 0) is 6.42 Å². The zero-order valence-corrected chi connectivity index (χ0v) is 12.2. The van der Waals surface area contributed by atoms with E-state index in [1.54, 1.807) is 13.0 Å². The van der Waals surface area contributed by atoms with E-state index in [9.17, 15) is 9.18 Å². The van der Waals surface area contributed by atoms with Crippen LogP contribution >= 0.6 is 0 Å². The maximum absolute atomic E-state index is 14.3. The summed E-state index contributed by atoms with van der Waals surface area (Å²) in [6.45, 7) is 3.75. The number of aromatic amines is 1. The summed E-state index contributed by atoms with van der Waals surface area (Å²) in [4.78, 5) is 16.4. The second-order valence-corrected chi connectivity index (χ2v) is 5.09. The number of aromatic nitrogens is 1. The van der Waals surface area contributed by atoms with Gasteiger partial charge in [-0.15, -0.1) is 0 Å². The molecule has 1 N–H and O–H groups in total. The normalized spacial score (nSPS) is 10.7. The molecule has 0 aliphatic rings. The number of anilines is 1. The first-order chi connectivity index (χ1) is 9.43. The van der Waals surface area contributed by atoms with Gasteiger partial charge in [-0.05, 0) is 43.2 Å². The number of pyridine rings is 1. The van der Waals surface area contributed by atoms with Gasteiger partial charge in [0.2, 0.25) is 0 Å². The molecule has 0 saturated carbocycles. The van der Waals surface area contributed by atoms with E-state index in [2.05, 4.69) is 4.98 Å². The van der Waals surface area contributed by atoms with Crippen LogP contribution in [0.3, 0.4) is 0 Å². The van der Waals surface area contributed by atoms with Crippen LogP contribution in [0, 0.1) is 12.7 Å². The third-order valence-electron chi connectivity index (χ3n) is 3.43. The molecule has 3 nitrogen and oxygen atoms in total. The molecule has 0 amide bonds. The van der Waals surface area contributed by atoms with Gasteiger partial charge in [-0.2, -0.15) is 0 Å². The second-order valence-electron chi connectivity index (χ2n) is 5.09. The molecule has 2 rings (SSSR count). The summed E-state index contributed by atoms with van der Waals surface area (Å²) in [6.07, 6.45) is 0.738. The molecule has 1 heterocycles. The molecule has 2 aromatic rings. The van der Waals surface area contributed by atoms with Gasteiger partial charge in [-0.25, -0.2) is 4.39 Å². The van der Waals surface area contributed by atoms with Crippen molar-refractivity contribution in [3.05, 3.63) is 51.6 Å². The van der Waals surface area contributed by atoms with Gasteiger partial charge in [0.1, 0.15) is 5.82 Å². The molecule has 0 bridgehead atoms. The van der Waals surface area contributed by atoms with E-state index in [4.69, 9.17) is 0 Å². The number of hydrogen-bond acceptors (Lipinski definition) is 2. The summed E-state index contributed by atoms with van der Waals surface area (Å²) in [5, 5.41) is 0. The van der Waals surface area contributed by atoms with E-state index in [1.165, 1.54) is 6.07 Å². The molecule has 1 aromatic carbocycles. The summed E-state index contributed by atoms with van der Waals surface area (Å²) in [6, 6.07) is 6.86. The average molecular weight is 274 g/mol. The Kier molecular flexibility index (Phi) is 3.93. The number of nitrogens with zero attached hydrogens (tertiary/aromatic N) is 1. The highest BCUT2D eigenvalue weighted by Crippen LogP contribution is 2.27. The zero-order chi connectivity index (χ0) is 14.9. The lowest BCUT2D eigenvalue weighted by molar-refractivity contribution is 0.630. The van der Waals surface area contributed by atoms with Gasteiger partial charge < -0.3 is 9.88 Å². The first kappa shape index (κ1) is 14.3. The van der Waals surface area contributed by atoms with Crippen molar-refractivity contribution in [2.45, 2.75) is 20.3 Å². The van der Waals surface area contributed by atoms with Gasteiger partial charge in [0.25, 0.3) is 5.56 Å². The van der Waals surface area contributed by atoms with Crippen molar-refractivity contribution in [2.24, 2.45) is 0 Å². The third-order valence-corrected chi connectivity index (χ3v) is 3.43. The highest BCUT2D eigenvalue weighted by atomic mass is 19.1. The number of aryl methyl sites for hydroxylation is 2. The first-order valence-electron chi connectivity index (χ1n) is 6.64. The number of halogens is 1. The van der Waals surface area contributed by atoms with E-state index in [0.717, 1.165) is 17.7 Å². The predicted octanol–water partition coefficient (Wildman–Crippen LogP) is 3.12. The minimum absolute atomic E-state index is 0.173. The summed E-state index contributed by atoms with van der Waals surface area (Å²) in [5.74, 6) is -0.328. The minimum atomic E-state index is -0.328. The molecule has 20 heavy (non-hydrogen) atoms. The van der Waals surface area contributed by atoms with Crippen LogP contribution in [0.4, 0.5) is 10.1 Å². The van der Waals surface area contributed by atoms with Crippen molar-refractivity contribution < 1.29 is 4.39 Å². The average Bonchev–Trinajstić information content (AvgIpc) is 2.41. The molecule has 0 saturated heterocycles. The summed E-state index contributed by atoms with van der Waals surface area (Å²) in [7, 11) is 3.72. The van der Waals surface area contributed by atoms with Crippen molar-refractivity contribution in [1.82, 2.24) is 4.98 Å². The highest BCUT2D eigenvalue weighted by molar-refractivity contribution is 5.67. The van der Waals surface area contributed by atoms with Crippen LogP contribution in [0.25, 0.3) is 11.3 Å². The van der Waals surface area contributed by atoms with Crippen molar-refractivity contribution in [2.75, 3.05) is 19.0 Å². The SMILES string of the molecule is CCc1cc(C)c(=O)[nH]c1-c1ccc(N(C)C)cc1F. The van der Waals surface area contributed by atoms with E-state index < -0.39 is 0 Å². The van der Waals surface area contributed by atoms with E-state index in [0.29, 0.717) is 16.8 Å². The predicted molar refractivity (Wildman–Crippen MR) is 80.9 cm³/mol. The molecule has 0 aliphatic carbocycles. The van der Waals surface area contributed by atoms with Gasteiger partial charge in [0, 0.05) is 30.9 Å². The Hall–Kier alpha value is -2.10. The van der Waals surface area contributed by atoms with Gasteiger partial charge in [-0.3, -0.25) is 4.79 Å². The van der Waals surface area contributed by atoms with Crippen LogP contribution in [0.1, 0.15) is 18.1 Å². The molecule has 0 spiro atoms. The van der Waals surface area contributed by atoms with Gasteiger partial charge in [-0.1, -0.05) is 6.92 Å². The molecule has 0 unspecified atom stereocenters. The van der Waals surface area contributed by atoms with Gasteiger partial charge in [0.15, 0.2) is 0 Å². The maximum Gasteiger partial charge on any atom is 0.251 e. The molecule has 0 radical (unpaired) electrons. The Balaban J connectivity index is 2.62. The van der Waals surface area contributed by atoms with Crippen LogP contribution in [0.5, 0.6) is 0 Å². The zero-order valence-electron chi connectivity index (χ0n) is 12.2. The molecule has 1 aromatic heterocycles. The number of nitrogens with one attached hydrogen (secondary N) is 1. The van der Waals surface area contributed by atoms with E-state index in [1.807, 2.05) is 38.1 Å². The first-order valence-corrected chi connectivity index (χ1v) is 6.64. The monoisotopic (exact) mass is 274 g/mol. The number of hydrogen-bond donors (Lipinski definition) is 1. The van der Waals surface area contributed by atoms with E-state index in [-0.39, 0.29) is 11.4 Å². The smallest absolute Gasteiger partial charge is 0.251 e. The molecular weight excluding hydrogens is 255 g/mol. The fourth-order valence-electron chi connectivity index (χ4n) is 2.20. The van der Waals surface area contributed by atoms with Crippen LogP contribution in [0.2, 0.25) is 0 Å². The Labute approximate surface area is 118 Å². The highest BCUT2D eigenvalue weighted by Gasteiger charge is 2.12. The molecule has 4 heteroatoms. The summed E-state index contributed by atoms with van der Waals surface area (Å²) >= 11 is 0. The van der Waals surface area contributed by atoms with Crippen LogP contribution in [-0.4, -0.2) is 19.1 Å². The van der Waals surface area contributed by atoms with Crippen molar-refractivity contribution >= 4 is 5.69 Å². The Morgan fingerprint density at radius 2 is 1.95 bits per heavy atom. The van der Waals surface area contributed by atoms with E-state index >= 15 is 0 Å². The van der Waals surface area contributed by atoms with Crippen LogP contribution < -0.4 is 10.5 Å². The van der Waals surface area contributed by atoms with Crippen LogP contribution in [0.15, 0.2) is 29.1 Å². The maximum atomic E-state index is 14.3. The summed E-state index contributed by atoms with van der Waals surface area (Å²) < 4.78 is 14.3. The fraction of sp³-hybridized carbons (Fsp3) is 0.312. The topological polar surface area (TPSA) is 36.1 Å². The van der Waals surface area contributed by atoms with Crippen molar-refractivity contribution in [3.63, 3.8) is 0 Å². The lowest BCUT2D eigenvalue weighted by Gasteiger charge is -2.15. The Bertz CT molecular complexity index is 689.